The second-order valence-electron chi connectivity index (χ2n) is 4.62. The first kappa shape index (κ1) is 14.0. The predicted molar refractivity (Wildman–Crippen MR) is 77.7 cm³/mol. The largest absolute Gasteiger partial charge is 0.324 e. The summed E-state index contributed by atoms with van der Waals surface area (Å²) in [5, 5.41) is 0.185. The van der Waals surface area contributed by atoms with Crippen LogP contribution in [0.25, 0.3) is 0 Å². The molecule has 0 aliphatic carbocycles. The highest BCUT2D eigenvalue weighted by Gasteiger charge is 2.08. The molecule has 0 bridgehead atoms. The summed E-state index contributed by atoms with van der Waals surface area (Å²) in [7, 11) is 0. The van der Waals surface area contributed by atoms with Gasteiger partial charge in [0.25, 0.3) is 0 Å². The maximum atomic E-state index is 13.7. The van der Waals surface area contributed by atoms with Crippen LogP contribution in [0.3, 0.4) is 0 Å². The number of hydrogen-bond donors (Lipinski definition) is 1. The van der Waals surface area contributed by atoms with Gasteiger partial charge in [0.15, 0.2) is 0 Å². The van der Waals surface area contributed by atoms with E-state index in [9.17, 15) is 4.39 Å². The Morgan fingerprint density at radius 3 is 2.53 bits per heavy atom. The average molecular weight is 278 g/mol. The molecule has 100 valence electrons. The van der Waals surface area contributed by atoms with E-state index >= 15 is 0 Å². The van der Waals surface area contributed by atoms with Crippen molar-refractivity contribution in [2.75, 3.05) is 0 Å². The second-order valence-corrected chi connectivity index (χ2v) is 5.03. The van der Waals surface area contributed by atoms with E-state index in [0.29, 0.717) is 12.0 Å². The van der Waals surface area contributed by atoms with Gasteiger partial charge in [0.1, 0.15) is 5.82 Å². The van der Waals surface area contributed by atoms with Gasteiger partial charge in [-0.05, 0) is 36.5 Å². The highest BCUT2D eigenvalue weighted by molar-refractivity contribution is 6.30. The Hall–Kier alpha value is -1.38. The van der Waals surface area contributed by atoms with Crippen LogP contribution in [0.5, 0.6) is 0 Å². The topological polar surface area (TPSA) is 26.0 Å². The molecule has 2 N–H and O–H groups in total. The minimum atomic E-state index is -0.308. The first-order valence-corrected chi connectivity index (χ1v) is 6.79. The van der Waals surface area contributed by atoms with Gasteiger partial charge >= 0.3 is 0 Å². The number of aryl methyl sites for hydroxylation is 1. The molecule has 2 aromatic carbocycles. The summed E-state index contributed by atoms with van der Waals surface area (Å²) in [6, 6.07) is 15.1. The van der Waals surface area contributed by atoms with Crippen molar-refractivity contribution in [3.05, 3.63) is 70.5 Å². The molecule has 2 aromatic rings. The standard InChI is InChI=1S/C16H17ClFN/c17-14-10-4-8-13(16(14)18)9-5-11-15(19)12-6-2-1-3-7-12/h1-4,6-8,10,15H,5,9,11,19H2. The zero-order valence-corrected chi connectivity index (χ0v) is 11.4. The Kier molecular flexibility index (Phi) is 4.94. The summed E-state index contributed by atoms with van der Waals surface area (Å²) in [5.41, 5.74) is 7.89. The molecule has 0 aliphatic heterocycles. The van der Waals surface area contributed by atoms with Crippen LogP contribution in [0.15, 0.2) is 48.5 Å². The molecule has 0 saturated heterocycles. The molecule has 0 heterocycles. The van der Waals surface area contributed by atoms with Crippen molar-refractivity contribution in [2.24, 2.45) is 5.73 Å². The van der Waals surface area contributed by atoms with Gasteiger partial charge in [-0.25, -0.2) is 4.39 Å². The molecule has 0 aliphatic rings. The molecule has 0 aromatic heterocycles. The van der Waals surface area contributed by atoms with Crippen LogP contribution >= 0.6 is 11.6 Å². The number of halogens is 2. The van der Waals surface area contributed by atoms with Crippen LogP contribution < -0.4 is 5.73 Å². The molecular weight excluding hydrogens is 261 g/mol. The number of nitrogens with two attached hydrogens (primary N) is 1. The fraction of sp³-hybridized carbons (Fsp3) is 0.250. The van der Waals surface area contributed by atoms with E-state index in [0.717, 1.165) is 18.4 Å². The molecule has 0 spiro atoms. The third-order valence-corrected chi connectivity index (χ3v) is 3.51. The van der Waals surface area contributed by atoms with Crippen LogP contribution in [0, 0.1) is 5.82 Å². The minimum Gasteiger partial charge on any atom is -0.324 e. The van der Waals surface area contributed by atoms with Crippen molar-refractivity contribution in [3.8, 4) is 0 Å². The highest BCUT2D eigenvalue weighted by Crippen LogP contribution is 2.21. The number of rotatable bonds is 5. The van der Waals surface area contributed by atoms with Gasteiger partial charge in [-0.3, -0.25) is 0 Å². The van der Waals surface area contributed by atoms with Crippen LogP contribution in [0.4, 0.5) is 4.39 Å². The van der Waals surface area contributed by atoms with Crippen molar-refractivity contribution < 1.29 is 4.39 Å². The third kappa shape index (κ3) is 3.79. The molecule has 3 heteroatoms. The maximum Gasteiger partial charge on any atom is 0.144 e. The molecule has 1 unspecified atom stereocenters. The summed E-state index contributed by atoms with van der Waals surface area (Å²) in [5.74, 6) is -0.308. The Morgan fingerprint density at radius 1 is 1.05 bits per heavy atom. The molecule has 0 radical (unpaired) electrons. The molecule has 0 saturated carbocycles. The smallest absolute Gasteiger partial charge is 0.144 e. The van der Waals surface area contributed by atoms with Gasteiger partial charge < -0.3 is 5.73 Å². The Balaban J connectivity index is 1.88. The lowest BCUT2D eigenvalue weighted by Gasteiger charge is -2.12. The van der Waals surface area contributed by atoms with Gasteiger partial charge in [0.2, 0.25) is 0 Å². The Labute approximate surface area is 118 Å². The summed E-state index contributed by atoms with van der Waals surface area (Å²) in [4.78, 5) is 0. The zero-order valence-electron chi connectivity index (χ0n) is 10.7. The molecule has 19 heavy (non-hydrogen) atoms. The summed E-state index contributed by atoms with van der Waals surface area (Å²) < 4.78 is 13.7. The second kappa shape index (κ2) is 6.69. The molecular formula is C16H17ClFN. The summed E-state index contributed by atoms with van der Waals surface area (Å²) in [6.45, 7) is 0. The molecule has 2 rings (SSSR count). The summed E-state index contributed by atoms with van der Waals surface area (Å²) in [6.07, 6.45) is 2.33. The van der Waals surface area contributed by atoms with Crippen LogP contribution in [0.2, 0.25) is 5.02 Å². The van der Waals surface area contributed by atoms with Crippen LogP contribution in [-0.4, -0.2) is 0 Å². The van der Waals surface area contributed by atoms with E-state index in [4.69, 9.17) is 17.3 Å². The highest BCUT2D eigenvalue weighted by atomic mass is 35.5. The number of hydrogen-bond acceptors (Lipinski definition) is 1. The molecule has 1 atom stereocenters. The lowest BCUT2D eigenvalue weighted by Crippen LogP contribution is -2.10. The minimum absolute atomic E-state index is 0.00319. The lowest BCUT2D eigenvalue weighted by atomic mass is 10.00. The maximum absolute atomic E-state index is 13.7. The molecule has 0 amide bonds. The van der Waals surface area contributed by atoms with E-state index in [1.54, 1.807) is 18.2 Å². The first-order chi connectivity index (χ1) is 9.18. The molecule has 0 fully saturated rings. The van der Waals surface area contributed by atoms with Gasteiger partial charge in [-0.2, -0.15) is 0 Å². The fourth-order valence-corrected chi connectivity index (χ4v) is 2.31. The van der Waals surface area contributed by atoms with Crippen molar-refractivity contribution in [1.29, 1.82) is 0 Å². The van der Waals surface area contributed by atoms with E-state index < -0.39 is 0 Å². The third-order valence-electron chi connectivity index (χ3n) is 3.22. The SMILES string of the molecule is NC(CCCc1cccc(Cl)c1F)c1ccccc1. The molecule has 1 nitrogen and oxygen atoms in total. The Bertz CT molecular complexity index is 528. The Morgan fingerprint density at radius 2 is 1.79 bits per heavy atom. The number of benzene rings is 2. The van der Waals surface area contributed by atoms with Gasteiger partial charge in [-0.1, -0.05) is 54.1 Å². The van der Waals surface area contributed by atoms with Crippen molar-refractivity contribution in [1.82, 2.24) is 0 Å². The predicted octanol–water partition coefficient (Wildman–Crippen LogP) is 4.50. The zero-order chi connectivity index (χ0) is 13.7. The van der Waals surface area contributed by atoms with E-state index in [-0.39, 0.29) is 16.9 Å². The van der Waals surface area contributed by atoms with Crippen molar-refractivity contribution in [3.63, 3.8) is 0 Å². The van der Waals surface area contributed by atoms with E-state index in [2.05, 4.69) is 0 Å². The quantitative estimate of drug-likeness (QED) is 0.855. The van der Waals surface area contributed by atoms with Crippen LogP contribution in [0.1, 0.15) is 30.0 Å². The van der Waals surface area contributed by atoms with Gasteiger partial charge in [0.05, 0.1) is 5.02 Å². The van der Waals surface area contributed by atoms with Gasteiger partial charge in [-0.15, -0.1) is 0 Å². The van der Waals surface area contributed by atoms with E-state index in [1.165, 1.54) is 0 Å². The van der Waals surface area contributed by atoms with Gasteiger partial charge in [0, 0.05) is 6.04 Å². The lowest BCUT2D eigenvalue weighted by molar-refractivity contribution is 0.578. The van der Waals surface area contributed by atoms with E-state index in [1.807, 2.05) is 30.3 Å². The monoisotopic (exact) mass is 277 g/mol. The fourth-order valence-electron chi connectivity index (χ4n) is 2.12. The van der Waals surface area contributed by atoms with Crippen molar-refractivity contribution in [2.45, 2.75) is 25.3 Å². The first-order valence-electron chi connectivity index (χ1n) is 6.42. The van der Waals surface area contributed by atoms with Crippen molar-refractivity contribution >= 4 is 11.6 Å². The van der Waals surface area contributed by atoms with Crippen LogP contribution in [-0.2, 0) is 6.42 Å². The normalized spacial score (nSPS) is 12.4. The summed E-state index contributed by atoms with van der Waals surface area (Å²) >= 11 is 5.75. The average Bonchev–Trinajstić information content (AvgIpc) is 2.44.